The van der Waals surface area contributed by atoms with E-state index in [1.54, 1.807) is 9.80 Å². The minimum Gasteiger partial charge on any atom is -0.409 e. The number of carbonyl (C=O) groups excluding carboxylic acids is 1. The molecule has 2 rings (SSSR count). The highest BCUT2D eigenvalue weighted by Gasteiger charge is 2.24. The van der Waals surface area contributed by atoms with Crippen molar-refractivity contribution in [1.29, 1.82) is 0 Å². The summed E-state index contributed by atoms with van der Waals surface area (Å²) in [6.07, 6.45) is 0. The molecule has 0 fully saturated rings. The van der Waals surface area contributed by atoms with E-state index >= 15 is 0 Å². The van der Waals surface area contributed by atoms with Crippen molar-refractivity contribution in [2.75, 3.05) is 39.3 Å². The first-order valence-electron chi connectivity index (χ1n) is 6.91. The molecule has 0 spiro atoms. The lowest BCUT2D eigenvalue weighted by molar-refractivity contribution is -0.120. The number of nitrogens with one attached hydrogen (secondary N) is 2. The van der Waals surface area contributed by atoms with Gasteiger partial charge in [-0.05, 0) is 0 Å². The highest BCUT2D eigenvalue weighted by Crippen LogP contribution is 2.03. The lowest BCUT2D eigenvalue weighted by atomic mass is 10.2. The molecule has 13 heteroatoms. The first-order valence-corrected chi connectivity index (χ1v) is 6.91. The molecule has 132 valence electrons. The van der Waals surface area contributed by atoms with Gasteiger partial charge in [-0.2, -0.15) is 0 Å². The van der Waals surface area contributed by atoms with E-state index in [0.29, 0.717) is 0 Å². The number of nitrogens with zero attached hydrogens (tertiary/aromatic N) is 6. The summed E-state index contributed by atoms with van der Waals surface area (Å²) in [7, 11) is 0. The Hall–Kier alpha value is -2.61. The summed E-state index contributed by atoms with van der Waals surface area (Å²) < 4.78 is 0. The van der Waals surface area contributed by atoms with Gasteiger partial charge in [-0.15, -0.1) is 0 Å². The maximum absolute atomic E-state index is 12.2. The zero-order valence-corrected chi connectivity index (χ0v) is 12.6. The molecule has 0 aromatic heterocycles. The molecule has 2 aliphatic rings. The minimum atomic E-state index is -0.164. The van der Waals surface area contributed by atoms with E-state index in [1.807, 2.05) is 11.0 Å². The lowest BCUT2D eigenvalue weighted by Crippen LogP contribution is -2.49. The number of hydroxylamine groups is 2. The van der Waals surface area contributed by atoms with E-state index in [9.17, 15) is 4.79 Å². The van der Waals surface area contributed by atoms with Gasteiger partial charge in [0.15, 0.2) is 17.5 Å². The Morgan fingerprint density at radius 1 is 0.917 bits per heavy atom. The molecule has 13 nitrogen and oxygen atoms in total. The van der Waals surface area contributed by atoms with Gasteiger partial charge in [0.1, 0.15) is 11.7 Å². The van der Waals surface area contributed by atoms with Gasteiger partial charge in [0, 0.05) is 0 Å². The zero-order chi connectivity index (χ0) is 17.5. The minimum absolute atomic E-state index is 0.0286. The van der Waals surface area contributed by atoms with Crippen LogP contribution in [0.3, 0.4) is 0 Å². The summed E-state index contributed by atoms with van der Waals surface area (Å²) in [5, 5.41) is 41.4. The number of aliphatic imine (C=N–C) groups is 2. The fraction of sp³-hybridized carbons (Fsp3) is 0.545. The number of amidine groups is 4. The van der Waals surface area contributed by atoms with E-state index in [-0.39, 0.29) is 68.4 Å². The van der Waals surface area contributed by atoms with Crippen molar-refractivity contribution in [2.45, 2.75) is 0 Å². The molecule has 0 aromatic carbocycles. The molecule has 0 amide bonds. The predicted octanol–water partition coefficient (Wildman–Crippen LogP) is -2.48. The summed E-state index contributed by atoms with van der Waals surface area (Å²) in [6.45, 7) is 0.746. The molecule has 0 aromatic rings. The van der Waals surface area contributed by atoms with Gasteiger partial charge >= 0.3 is 0 Å². The molecule has 2 heterocycles. The third-order valence-electron chi connectivity index (χ3n) is 3.29. The standard InChI is InChI=1S/C11H18N8O5/c20-7(1-18-3-8(14-21)12-9(4-18)15-22)2-19-5-10(16-23)13-11(6-19)17-24/h21-24H,1-6H2,(H,12,14,15)(H,13,16,17). The molecule has 0 radical (unpaired) electrons. The first-order chi connectivity index (χ1) is 11.6. The van der Waals surface area contributed by atoms with Gasteiger partial charge in [0.05, 0.1) is 39.3 Å². The maximum atomic E-state index is 12.2. The van der Waals surface area contributed by atoms with Crippen molar-refractivity contribution in [2.24, 2.45) is 20.3 Å². The van der Waals surface area contributed by atoms with Gasteiger partial charge in [-0.1, -0.05) is 10.3 Å². The third-order valence-corrected chi connectivity index (χ3v) is 3.29. The van der Waals surface area contributed by atoms with Crippen molar-refractivity contribution in [3.63, 3.8) is 0 Å². The average Bonchev–Trinajstić information content (AvgIpc) is 2.60. The van der Waals surface area contributed by atoms with E-state index in [1.165, 1.54) is 0 Å². The summed E-state index contributed by atoms with van der Waals surface area (Å²) in [5.74, 6) is 0.291. The average molecular weight is 342 g/mol. The zero-order valence-electron chi connectivity index (χ0n) is 12.6. The summed E-state index contributed by atoms with van der Waals surface area (Å²) in [6, 6.07) is 0. The van der Waals surface area contributed by atoms with Crippen LogP contribution in [0.25, 0.3) is 0 Å². The van der Waals surface area contributed by atoms with E-state index in [0.717, 1.165) is 0 Å². The molecule has 24 heavy (non-hydrogen) atoms. The summed E-state index contributed by atoms with van der Waals surface area (Å²) in [4.78, 5) is 23.2. The van der Waals surface area contributed by atoms with E-state index in [2.05, 4.69) is 20.3 Å². The highest BCUT2D eigenvalue weighted by molar-refractivity contribution is 6.02. The molecule has 0 aliphatic carbocycles. The number of Topliss-reactive ketones (excluding diaryl/α,β-unsaturated/α-hetero) is 1. The Balaban J connectivity index is 1.92. The van der Waals surface area contributed by atoms with Gasteiger partial charge in [0.25, 0.3) is 0 Å². The molecule has 6 N–H and O–H groups in total. The number of hydrogen-bond donors (Lipinski definition) is 6. The summed E-state index contributed by atoms with van der Waals surface area (Å²) in [5.41, 5.74) is 3.76. The molecule has 2 aliphatic heterocycles. The van der Waals surface area contributed by atoms with Gasteiger partial charge in [-0.25, -0.2) is 9.98 Å². The number of rotatable bonds is 4. The van der Waals surface area contributed by atoms with Crippen LogP contribution in [0.4, 0.5) is 0 Å². The van der Waals surface area contributed by atoms with Gasteiger partial charge in [-0.3, -0.25) is 36.0 Å². The number of oxime groups is 2. The monoisotopic (exact) mass is 342 g/mol. The number of ketones is 1. The second kappa shape index (κ2) is 8.30. The van der Waals surface area contributed by atoms with Crippen LogP contribution in [-0.2, 0) is 4.79 Å². The molecular weight excluding hydrogens is 324 g/mol. The van der Waals surface area contributed by atoms with Crippen LogP contribution in [0.1, 0.15) is 0 Å². The Morgan fingerprint density at radius 2 is 1.33 bits per heavy atom. The van der Waals surface area contributed by atoms with E-state index in [4.69, 9.17) is 20.8 Å². The molecular formula is C11H18N8O5. The van der Waals surface area contributed by atoms with Crippen LogP contribution in [0.15, 0.2) is 20.3 Å². The number of carbonyl (C=O) groups is 1. The summed E-state index contributed by atoms with van der Waals surface area (Å²) >= 11 is 0. The largest absolute Gasteiger partial charge is 0.409 e. The number of hydrogen-bond acceptors (Lipinski definition) is 11. The normalized spacial score (nSPS) is 23.1. The van der Waals surface area contributed by atoms with Gasteiger partial charge < -0.3 is 10.4 Å². The molecule has 0 saturated heterocycles. The Kier molecular flexibility index (Phi) is 6.14. The Bertz CT molecular complexity index is 551. The quantitative estimate of drug-likeness (QED) is 0.238. The van der Waals surface area contributed by atoms with Crippen LogP contribution >= 0.6 is 0 Å². The third kappa shape index (κ3) is 4.69. The SMILES string of the molecule is O=C(CN1CC(NO)=N/C(=N/O)C1)CN1CC(NO)=N/C(=N/O)C1. The van der Waals surface area contributed by atoms with Crippen LogP contribution in [0.5, 0.6) is 0 Å². The Morgan fingerprint density at radius 3 is 1.67 bits per heavy atom. The molecule has 0 unspecified atom stereocenters. The van der Waals surface area contributed by atoms with Crippen molar-refractivity contribution in [3.05, 3.63) is 0 Å². The highest BCUT2D eigenvalue weighted by atomic mass is 16.5. The van der Waals surface area contributed by atoms with E-state index < -0.39 is 0 Å². The molecule has 0 atom stereocenters. The van der Waals surface area contributed by atoms with Crippen LogP contribution in [0, 0.1) is 0 Å². The topological polar surface area (TPSA) is 178 Å². The van der Waals surface area contributed by atoms with Crippen LogP contribution < -0.4 is 11.0 Å². The van der Waals surface area contributed by atoms with Crippen molar-refractivity contribution in [1.82, 2.24) is 20.8 Å². The molecule has 0 bridgehead atoms. The second-order valence-corrected chi connectivity index (χ2v) is 5.20. The fourth-order valence-corrected chi connectivity index (χ4v) is 2.39. The lowest BCUT2D eigenvalue weighted by Gasteiger charge is -2.28. The first kappa shape index (κ1) is 17.7. The van der Waals surface area contributed by atoms with Gasteiger partial charge in [0.2, 0.25) is 0 Å². The molecule has 0 saturated carbocycles. The Labute approximate surface area is 136 Å². The van der Waals surface area contributed by atoms with Crippen LogP contribution in [-0.4, -0.2) is 99.0 Å². The maximum Gasteiger partial charge on any atom is 0.183 e. The van der Waals surface area contributed by atoms with Crippen LogP contribution in [0.2, 0.25) is 0 Å². The van der Waals surface area contributed by atoms with Crippen molar-refractivity contribution in [3.8, 4) is 0 Å². The van der Waals surface area contributed by atoms with Crippen molar-refractivity contribution >= 4 is 29.1 Å². The fourth-order valence-electron chi connectivity index (χ4n) is 2.39. The van der Waals surface area contributed by atoms with Crippen molar-refractivity contribution < 1.29 is 25.6 Å². The second-order valence-electron chi connectivity index (χ2n) is 5.20. The smallest absolute Gasteiger partial charge is 0.183 e. The predicted molar refractivity (Wildman–Crippen MR) is 81.0 cm³/mol.